The predicted octanol–water partition coefficient (Wildman–Crippen LogP) is -6.54. The van der Waals surface area contributed by atoms with Crippen LogP contribution in [0.5, 0.6) is 11.5 Å². The number of thiazole rings is 1. The van der Waals surface area contributed by atoms with E-state index in [4.69, 9.17) is 10.6 Å². The van der Waals surface area contributed by atoms with E-state index in [1.807, 2.05) is 0 Å². The van der Waals surface area contributed by atoms with Crippen LogP contribution in [0, 0.1) is 0 Å². The average Bonchev–Trinajstić information content (AvgIpc) is 3.44. The van der Waals surface area contributed by atoms with E-state index in [0.29, 0.717) is 5.57 Å². The number of fused-ring (bicyclic) bond motifs is 1. The second kappa shape index (κ2) is 16.8. The molecule has 3 atom stereocenters. The Morgan fingerprint density at radius 3 is 2.51 bits per heavy atom. The van der Waals surface area contributed by atoms with Crippen molar-refractivity contribution >= 4 is 69.5 Å². The fraction of sp³-hybridized carbons (Fsp3) is 0.148. The molecule has 2 aliphatic heterocycles. The maximum absolute atomic E-state index is 13.4. The number of rotatable bonds is 11. The van der Waals surface area contributed by atoms with Crippen LogP contribution < -0.4 is 80.4 Å². The topological polar surface area (TPSA) is 244 Å². The van der Waals surface area contributed by atoms with Gasteiger partial charge in [-0.2, -0.15) is 0 Å². The number of phenolic OH excluding ortho intramolecular Hbond substituents is 2. The SMILES string of the molecule is Nc1nc(/C(=N/O[C@@H](C(=O)[O-])c2ccc(O)c(O)c2)C(=O)N[C@@H]2C(=O)N3C(C(=O)[O-])=C(/C=C/Sc4ccncc4)CS[C@@H]23)cs1.[Na+].[Na+]. The van der Waals surface area contributed by atoms with Gasteiger partial charge in [0.2, 0.25) is 0 Å². The zero-order valence-electron chi connectivity index (χ0n) is 24.6. The molecule has 1 saturated heterocycles. The number of carbonyl (C=O) groups is 4. The monoisotopic (exact) mass is 714 g/mol. The molecule has 5 N–H and O–H groups in total. The van der Waals surface area contributed by atoms with E-state index in [9.17, 15) is 39.6 Å². The van der Waals surface area contributed by atoms with E-state index in [1.165, 1.54) is 28.9 Å². The third-order valence-corrected chi connectivity index (χ3v) is 9.14. The summed E-state index contributed by atoms with van der Waals surface area (Å²) in [7, 11) is 0. The molecule has 0 spiro atoms. The van der Waals surface area contributed by atoms with Gasteiger partial charge in [-0.3, -0.25) is 19.5 Å². The molecule has 2 aromatic heterocycles. The maximum Gasteiger partial charge on any atom is 1.00 e. The van der Waals surface area contributed by atoms with Gasteiger partial charge in [-0.25, -0.2) is 4.98 Å². The van der Waals surface area contributed by atoms with Crippen molar-refractivity contribution in [2.24, 2.45) is 5.16 Å². The molecule has 2 aliphatic rings. The van der Waals surface area contributed by atoms with E-state index in [0.717, 1.165) is 39.3 Å². The number of aliphatic carboxylic acids is 2. The van der Waals surface area contributed by atoms with Crippen molar-refractivity contribution < 1.29 is 104 Å². The summed E-state index contributed by atoms with van der Waals surface area (Å²) in [4.78, 5) is 65.3. The first-order valence-corrected chi connectivity index (χ1v) is 15.5. The van der Waals surface area contributed by atoms with Gasteiger partial charge in [0.25, 0.3) is 11.8 Å². The number of benzene rings is 1. The van der Waals surface area contributed by atoms with E-state index >= 15 is 0 Å². The number of carbonyl (C=O) groups excluding carboxylic acids is 4. The maximum atomic E-state index is 13.4. The molecule has 232 valence electrons. The number of aromatic hydroxyl groups is 2. The third kappa shape index (κ3) is 8.70. The van der Waals surface area contributed by atoms with Gasteiger partial charge in [-0.05, 0) is 41.3 Å². The fourth-order valence-corrected chi connectivity index (χ4v) is 6.77. The molecule has 0 unspecified atom stereocenters. The summed E-state index contributed by atoms with van der Waals surface area (Å²) in [5.41, 5.74) is 4.91. The molecule has 0 saturated carbocycles. The number of thioether (sulfide) groups is 2. The first kappa shape index (κ1) is 38.4. The van der Waals surface area contributed by atoms with Crippen molar-refractivity contribution in [3.63, 3.8) is 0 Å². The normalized spacial score (nSPS) is 17.9. The van der Waals surface area contributed by atoms with Crippen molar-refractivity contribution in [2.75, 3.05) is 11.5 Å². The predicted molar refractivity (Wildman–Crippen MR) is 158 cm³/mol. The second-order valence-corrected chi connectivity index (χ2v) is 12.2. The molecular weight excluding hydrogens is 695 g/mol. The number of hydrogen-bond donors (Lipinski definition) is 4. The van der Waals surface area contributed by atoms with Crippen LogP contribution in [0.2, 0.25) is 0 Å². The Labute approximate surface area is 322 Å². The Hall–Kier alpha value is -3.07. The number of aromatic nitrogens is 2. The largest absolute Gasteiger partial charge is 1.00 e. The van der Waals surface area contributed by atoms with Gasteiger partial charge in [-0.15, -0.1) is 23.1 Å². The number of carboxylic acids is 2. The number of nitrogens with zero attached hydrogens (tertiary/aromatic N) is 4. The van der Waals surface area contributed by atoms with Gasteiger partial charge in [-0.1, -0.05) is 23.0 Å². The molecule has 2 amide bonds. The van der Waals surface area contributed by atoms with E-state index < -0.39 is 58.5 Å². The number of pyridine rings is 1. The van der Waals surface area contributed by atoms with E-state index in [2.05, 4.69) is 20.4 Å². The number of oxime groups is 1. The Morgan fingerprint density at radius 1 is 1.17 bits per heavy atom. The molecule has 4 heterocycles. The average molecular weight is 715 g/mol. The molecule has 0 radical (unpaired) electrons. The third-order valence-electron chi connectivity index (χ3n) is 6.35. The van der Waals surface area contributed by atoms with Gasteiger partial charge in [0.15, 0.2) is 28.4 Å². The number of nitrogens with two attached hydrogens (primary N) is 1. The van der Waals surface area contributed by atoms with Crippen molar-refractivity contribution in [3.05, 3.63) is 82.1 Å². The van der Waals surface area contributed by atoms with Crippen LogP contribution in [0.4, 0.5) is 5.13 Å². The van der Waals surface area contributed by atoms with Gasteiger partial charge >= 0.3 is 59.1 Å². The Kier molecular flexibility index (Phi) is 13.8. The number of nitrogen functional groups attached to an aromatic ring is 1. The van der Waals surface area contributed by atoms with Crippen LogP contribution in [0.3, 0.4) is 0 Å². The van der Waals surface area contributed by atoms with Gasteiger partial charge in [0, 0.05) is 34.0 Å². The number of anilines is 1. The molecule has 0 aliphatic carbocycles. The minimum Gasteiger partial charge on any atom is -0.546 e. The number of allylic oxidation sites excluding steroid dienone is 1. The van der Waals surface area contributed by atoms with E-state index in [-0.39, 0.29) is 87.0 Å². The first-order valence-electron chi connectivity index (χ1n) is 12.7. The van der Waals surface area contributed by atoms with Gasteiger partial charge in [0.05, 0.1) is 17.6 Å². The molecule has 1 fully saturated rings. The number of amides is 2. The van der Waals surface area contributed by atoms with Gasteiger partial charge in [0.1, 0.15) is 17.1 Å². The molecule has 47 heavy (non-hydrogen) atoms. The second-order valence-electron chi connectivity index (χ2n) is 9.19. The summed E-state index contributed by atoms with van der Waals surface area (Å²) in [6, 6.07) is 5.45. The standard InChI is InChI=1S/C27H22N6O9S3.2Na/c28-27-30-15(11-45-27)18(32-42-21(26(40)41)12-1-2-16(34)17(35)9-12)22(36)31-19-23(37)33-20(25(38)39)13(10-44-24(19)33)5-8-43-14-3-6-29-7-4-14;;/h1-9,11,19,21,24,34-35H,10H2,(H2,28,30)(H,31,36)(H,38,39)(H,40,41);;/q;2*+1/p-2/b8-5+,32-18-;;/t19-,21-,24+;;/m1../s1. The number of β-lactam (4-membered cyclic amide) rings is 1. The summed E-state index contributed by atoms with van der Waals surface area (Å²) in [6.45, 7) is 0. The molecule has 5 rings (SSSR count). The van der Waals surface area contributed by atoms with Crippen molar-refractivity contribution in [3.8, 4) is 11.5 Å². The summed E-state index contributed by atoms with van der Waals surface area (Å²) >= 11 is 3.49. The molecular formula is C27H20N6Na2O9S3. The minimum atomic E-state index is -1.93. The Bertz CT molecular complexity index is 1770. The van der Waals surface area contributed by atoms with E-state index in [1.54, 1.807) is 36.0 Å². The number of nitrogens with one attached hydrogen (secondary N) is 1. The molecule has 3 aromatic rings. The number of hydrogen-bond acceptors (Lipinski definition) is 16. The van der Waals surface area contributed by atoms with Crippen LogP contribution in [0.1, 0.15) is 17.4 Å². The van der Waals surface area contributed by atoms with Crippen LogP contribution in [0.15, 0.2) is 80.9 Å². The number of carboxylic acid groups (broad SMARTS) is 2. The zero-order chi connectivity index (χ0) is 32.2. The summed E-state index contributed by atoms with van der Waals surface area (Å²) in [5.74, 6) is -6.02. The van der Waals surface area contributed by atoms with Crippen LogP contribution in [0.25, 0.3) is 0 Å². The van der Waals surface area contributed by atoms with Gasteiger partial charge < -0.3 is 45.9 Å². The Balaban J connectivity index is 0.00000300. The summed E-state index contributed by atoms with van der Waals surface area (Å²) < 4.78 is 0. The summed E-state index contributed by atoms with van der Waals surface area (Å²) in [6.07, 6.45) is 2.88. The van der Waals surface area contributed by atoms with Crippen LogP contribution in [-0.4, -0.2) is 71.7 Å². The molecule has 20 heteroatoms. The zero-order valence-corrected chi connectivity index (χ0v) is 31.0. The fourth-order valence-electron chi connectivity index (χ4n) is 4.23. The molecule has 0 bridgehead atoms. The first-order chi connectivity index (χ1) is 21.5. The Morgan fingerprint density at radius 2 is 1.89 bits per heavy atom. The number of phenols is 2. The van der Waals surface area contributed by atoms with Crippen LogP contribution in [-0.2, 0) is 24.0 Å². The summed E-state index contributed by atoms with van der Waals surface area (Å²) in [5, 5.41) is 51.6. The smallest absolute Gasteiger partial charge is 0.546 e. The molecule has 1 aromatic carbocycles. The minimum absolute atomic E-state index is 0. The van der Waals surface area contributed by atoms with Crippen LogP contribution >= 0.6 is 34.9 Å². The quantitative estimate of drug-likeness (QED) is 0.0361. The van der Waals surface area contributed by atoms with Crippen molar-refractivity contribution in [2.45, 2.75) is 22.4 Å². The molecule has 15 nitrogen and oxygen atoms in total. The van der Waals surface area contributed by atoms with Crippen molar-refractivity contribution in [1.29, 1.82) is 0 Å². The van der Waals surface area contributed by atoms with Crippen molar-refractivity contribution in [1.82, 2.24) is 20.2 Å².